The molecule has 0 radical (unpaired) electrons. The van der Waals surface area contributed by atoms with Crippen molar-refractivity contribution >= 4 is 28.7 Å². The van der Waals surface area contributed by atoms with Crippen LogP contribution in [-0.4, -0.2) is 15.7 Å². The molecule has 0 saturated heterocycles. The average Bonchev–Trinajstić information content (AvgIpc) is 2.73. The number of Topliss-reactive ketones (excluding diaryl/α,β-unsaturated/α-hetero) is 1. The predicted octanol–water partition coefficient (Wildman–Crippen LogP) is 4.04. The summed E-state index contributed by atoms with van der Waals surface area (Å²) >= 11 is 5.60. The molecule has 3 rings (SSSR count). The molecule has 1 N–H and O–H groups in total. The Hall–Kier alpha value is -3.45. The van der Waals surface area contributed by atoms with Crippen molar-refractivity contribution in [2.75, 3.05) is 0 Å². The third-order valence-corrected chi connectivity index (χ3v) is 5.13. The number of thiocarbonyl (C=S) groups is 1. The molecular formula is C23H22N3O3S+. The Morgan fingerprint density at radius 1 is 1.13 bits per heavy atom. The van der Waals surface area contributed by atoms with Gasteiger partial charge in [-0.05, 0) is 25.5 Å². The zero-order valence-corrected chi connectivity index (χ0v) is 17.6. The quantitative estimate of drug-likeness (QED) is 0.205. The van der Waals surface area contributed by atoms with Crippen molar-refractivity contribution in [3.63, 3.8) is 0 Å². The van der Waals surface area contributed by atoms with E-state index in [9.17, 15) is 14.9 Å². The average molecular weight is 421 g/mol. The summed E-state index contributed by atoms with van der Waals surface area (Å²) < 4.78 is 1.74. The number of pyridine rings is 1. The smallest absolute Gasteiger partial charge is 0.273 e. The molecule has 3 aromatic rings. The number of carbonyl (C=O) groups is 1. The van der Waals surface area contributed by atoms with Gasteiger partial charge in [-0.25, -0.2) is 0 Å². The normalized spacial score (nSPS) is 11.5. The van der Waals surface area contributed by atoms with Gasteiger partial charge in [0.15, 0.2) is 17.4 Å². The first-order chi connectivity index (χ1) is 14.4. The molecule has 152 valence electrons. The van der Waals surface area contributed by atoms with Crippen LogP contribution >= 0.6 is 12.2 Å². The molecule has 0 amide bonds. The van der Waals surface area contributed by atoms with Crippen LogP contribution in [-0.2, 0) is 6.54 Å². The second-order valence-corrected chi connectivity index (χ2v) is 7.50. The molecule has 1 aromatic heterocycles. The summed E-state index contributed by atoms with van der Waals surface area (Å²) in [7, 11) is 0. The molecule has 0 spiro atoms. The Bertz CT molecular complexity index is 1100. The molecule has 30 heavy (non-hydrogen) atoms. The van der Waals surface area contributed by atoms with Crippen molar-refractivity contribution < 1.29 is 14.3 Å². The number of hydrogen-bond donors (Lipinski definition) is 1. The molecule has 0 fully saturated rings. The fourth-order valence-corrected chi connectivity index (χ4v) is 3.47. The Morgan fingerprint density at radius 2 is 1.87 bits per heavy atom. The lowest BCUT2D eigenvalue weighted by molar-refractivity contribution is -0.692. The van der Waals surface area contributed by atoms with Crippen molar-refractivity contribution in [2.24, 2.45) is 0 Å². The van der Waals surface area contributed by atoms with Crippen LogP contribution in [0.3, 0.4) is 0 Å². The van der Waals surface area contributed by atoms with E-state index in [0.29, 0.717) is 17.1 Å². The second-order valence-electron chi connectivity index (χ2n) is 7.06. The summed E-state index contributed by atoms with van der Waals surface area (Å²) in [6, 6.07) is 17.2. The minimum atomic E-state index is -0.814. The van der Waals surface area contributed by atoms with Gasteiger partial charge in [-0.2, -0.15) is 4.57 Å². The number of aromatic nitrogens is 1. The molecule has 0 unspecified atom stereocenters. The van der Waals surface area contributed by atoms with Gasteiger partial charge in [0, 0.05) is 35.4 Å². The highest BCUT2D eigenvalue weighted by Gasteiger charge is 2.34. The van der Waals surface area contributed by atoms with Crippen molar-refractivity contribution in [1.82, 2.24) is 5.32 Å². The largest absolute Gasteiger partial charge is 0.370 e. The number of rotatable bonds is 7. The maximum Gasteiger partial charge on any atom is 0.273 e. The van der Waals surface area contributed by atoms with E-state index in [0.717, 1.165) is 11.1 Å². The van der Waals surface area contributed by atoms with E-state index >= 15 is 0 Å². The van der Waals surface area contributed by atoms with Crippen molar-refractivity contribution in [3.05, 3.63) is 105 Å². The summed E-state index contributed by atoms with van der Waals surface area (Å²) in [6.07, 6.45) is 3.61. The Labute approximate surface area is 180 Å². The van der Waals surface area contributed by atoms with Crippen LogP contribution in [0.2, 0.25) is 0 Å². The molecular weight excluding hydrogens is 398 g/mol. The van der Waals surface area contributed by atoms with Gasteiger partial charge in [0.25, 0.3) is 11.7 Å². The van der Waals surface area contributed by atoms with E-state index in [1.807, 2.05) is 55.6 Å². The number of nitro groups is 1. The second kappa shape index (κ2) is 9.37. The number of benzene rings is 2. The maximum atomic E-state index is 13.4. The molecule has 6 nitrogen and oxygen atoms in total. The highest BCUT2D eigenvalue weighted by Crippen LogP contribution is 2.22. The van der Waals surface area contributed by atoms with E-state index < -0.39 is 11.0 Å². The molecule has 0 bridgehead atoms. The number of ketones is 1. The van der Waals surface area contributed by atoms with E-state index in [4.69, 9.17) is 12.2 Å². The SMILES string of the molecule is Cc1ccc[n+]([C@@H](C(=O)c2ccc(C)c([N+](=O)[O-])c2)C(=S)NCc2ccccc2)c1. The van der Waals surface area contributed by atoms with Crippen LogP contribution in [0.5, 0.6) is 0 Å². The molecule has 0 saturated carbocycles. The Morgan fingerprint density at radius 3 is 2.53 bits per heavy atom. The third-order valence-electron chi connectivity index (χ3n) is 4.76. The van der Waals surface area contributed by atoms with Crippen LogP contribution in [0.1, 0.15) is 33.1 Å². The molecule has 0 aliphatic rings. The van der Waals surface area contributed by atoms with Gasteiger partial charge in [0.1, 0.15) is 0 Å². The highest BCUT2D eigenvalue weighted by atomic mass is 32.1. The van der Waals surface area contributed by atoms with Gasteiger partial charge in [0.2, 0.25) is 5.78 Å². The maximum absolute atomic E-state index is 13.4. The number of aryl methyl sites for hydroxylation is 2. The van der Waals surface area contributed by atoms with Gasteiger partial charge in [-0.3, -0.25) is 14.9 Å². The lowest BCUT2D eigenvalue weighted by atomic mass is 10.0. The summed E-state index contributed by atoms with van der Waals surface area (Å²) in [5.41, 5.74) is 2.66. The zero-order chi connectivity index (χ0) is 21.7. The molecule has 0 aliphatic carbocycles. The standard InChI is InChI=1S/C23H21N3O3S/c1-16-7-6-12-25(15-16)21(23(30)24-14-18-8-4-3-5-9-18)22(27)19-11-10-17(2)20(13-19)26(28)29/h3-13,15,21H,14H2,1-2H3/p+1/t21-/m0/s1. The monoisotopic (exact) mass is 420 g/mol. The Kier molecular flexibility index (Phi) is 6.64. The summed E-state index contributed by atoms with van der Waals surface area (Å²) in [6.45, 7) is 4.05. The highest BCUT2D eigenvalue weighted by molar-refractivity contribution is 7.80. The number of hydrogen-bond acceptors (Lipinski definition) is 4. The Balaban J connectivity index is 1.95. The minimum absolute atomic E-state index is 0.0861. The fraction of sp³-hybridized carbons (Fsp3) is 0.174. The first-order valence-electron chi connectivity index (χ1n) is 9.45. The van der Waals surface area contributed by atoms with Crippen molar-refractivity contribution in [2.45, 2.75) is 26.4 Å². The molecule has 0 aliphatic heterocycles. The van der Waals surface area contributed by atoms with Crippen LogP contribution in [0, 0.1) is 24.0 Å². The van der Waals surface area contributed by atoms with Gasteiger partial charge in [-0.1, -0.05) is 54.7 Å². The van der Waals surface area contributed by atoms with Crippen LogP contribution < -0.4 is 9.88 Å². The van der Waals surface area contributed by atoms with Crippen LogP contribution in [0.25, 0.3) is 0 Å². The molecule has 1 atom stereocenters. The topological polar surface area (TPSA) is 76.1 Å². The van der Waals surface area contributed by atoms with Crippen molar-refractivity contribution in [3.8, 4) is 0 Å². The first kappa shape index (κ1) is 21.3. The third kappa shape index (κ3) is 4.93. The number of nitro benzene ring substituents is 1. The van der Waals surface area contributed by atoms with Crippen LogP contribution in [0.15, 0.2) is 73.1 Å². The molecule has 7 heteroatoms. The van der Waals surface area contributed by atoms with E-state index in [1.165, 1.54) is 6.07 Å². The molecule has 1 heterocycles. The van der Waals surface area contributed by atoms with Gasteiger partial charge in [-0.15, -0.1) is 0 Å². The zero-order valence-electron chi connectivity index (χ0n) is 16.7. The first-order valence-corrected chi connectivity index (χ1v) is 9.86. The fourth-order valence-electron chi connectivity index (χ4n) is 3.16. The van der Waals surface area contributed by atoms with E-state index in [2.05, 4.69) is 5.32 Å². The van der Waals surface area contributed by atoms with E-state index in [1.54, 1.807) is 29.8 Å². The number of carbonyl (C=O) groups excluding carboxylic acids is 1. The summed E-state index contributed by atoms with van der Waals surface area (Å²) in [4.78, 5) is 24.6. The molecule has 2 aromatic carbocycles. The van der Waals surface area contributed by atoms with Crippen molar-refractivity contribution in [1.29, 1.82) is 0 Å². The lowest BCUT2D eigenvalue weighted by Gasteiger charge is -2.15. The van der Waals surface area contributed by atoms with Gasteiger partial charge >= 0.3 is 0 Å². The number of nitrogens with zero attached hydrogens (tertiary/aromatic N) is 2. The lowest BCUT2D eigenvalue weighted by Crippen LogP contribution is -2.51. The van der Waals surface area contributed by atoms with Crippen LogP contribution in [0.4, 0.5) is 5.69 Å². The van der Waals surface area contributed by atoms with Gasteiger partial charge < -0.3 is 5.32 Å². The van der Waals surface area contributed by atoms with Gasteiger partial charge in [0.05, 0.1) is 4.92 Å². The minimum Gasteiger partial charge on any atom is -0.370 e. The summed E-state index contributed by atoms with van der Waals surface area (Å²) in [5.74, 6) is -0.306. The predicted molar refractivity (Wildman–Crippen MR) is 118 cm³/mol. The summed E-state index contributed by atoms with van der Waals surface area (Å²) in [5, 5.41) is 14.5. The number of nitrogens with one attached hydrogen (secondary N) is 1. The van der Waals surface area contributed by atoms with E-state index in [-0.39, 0.29) is 17.0 Å².